The number of halogens is 2. The smallest absolute Gasteiger partial charge is 0.311 e. The van der Waals surface area contributed by atoms with Crippen molar-refractivity contribution >= 4 is 51.6 Å². The molecule has 0 unspecified atom stereocenters. The van der Waals surface area contributed by atoms with Crippen molar-refractivity contribution in [3.63, 3.8) is 0 Å². The minimum Gasteiger partial charge on any atom is -0.502 e. The van der Waals surface area contributed by atoms with E-state index in [0.29, 0.717) is 26.4 Å². The zero-order valence-corrected chi connectivity index (χ0v) is 15.2. The Bertz CT molecular complexity index is 1010. The van der Waals surface area contributed by atoms with Crippen molar-refractivity contribution in [2.45, 2.75) is 0 Å². The average Bonchev–Trinajstić information content (AvgIpc) is 3.04. The summed E-state index contributed by atoms with van der Waals surface area (Å²) in [7, 11) is 0. The monoisotopic (exact) mass is 408 g/mol. The molecule has 2 N–H and O–H groups in total. The maximum atomic E-state index is 10.8. The van der Waals surface area contributed by atoms with Gasteiger partial charge in [0, 0.05) is 27.6 Å². The lowest BCUT2D eigenvalue weighted by molar-refractivity contribution is -0.385. The maximum Gasteiger partial charge on any atom is 0.311 e. The number of hydrazone groups is 1. The number of anilines is 1. The van der Waals surface area contributed by atoms with E-state index in [1.54, 1.807) is 18.2 Å². The van der Waals surface area contributed by atoms with Gasteiger partial charge < -0.3 is 5.11 Å². The van der Waals surface area contributed by atoms with E-state index in [4.69, 9.17) is 23.2 Å². The Morgan fingerprint density at radius 2 is 2.08 bits per heavy atom. The molecule has 0 bridgehead atoms. The summed E-state index contributed by atoms with van der Waals surface area (Å²) < 4.78 is 0. The summed E-state index contributed by atoms with van der Waals surface area (Å²) in [4.78, 5) is 14.5. The van der Waals surface area contributed by atoms with Crippen LogP contribution in [0.15, 0.2) is 46.9 Å². The number of thiazole rings is 1. The number of hydrogen-bond acceptors (Lipinski definition) is 7. The molecule has 1 heterocycles. The third-order valence-corrected chi connectivity index (χ3v) is 4.58. The molecule has 10 heteroatoms. The van der Waals surface area contributed by atoms with Crippen LogP contribution in [-0.4, -0.2) is 21.2 Å². The summed E-state index contributed by atoms with van der Waals surface area (Å²) in [5, 5.41) is 27.6. The number of nitrogens with zero attached hydrogens (tertiary/aromatic N) is 3. The fourth-order valence-electron chi connectivity index (χ4n) is 2.08. The van der Waals surface area contributed by atoms with E-state index in [2.05, 4.69) is 15.5 Å². The zero-order valence-electron chi connectivity index (χ0n) is 12.9. The molecule has 0 spiro atoms. The van der Waals surface area contributed by atoms with Gasteiger partial charge in [-0.3, -0.25) is 15.5 Å². The van der Waals surface area contributed by atoms with Gasteiger partial charge in [0.15, 0.2) is 5.75 Å². The number of aromatic nitrogens is 1. The molecule has 0 radical (unpaired) electrons. The van der Waals surface area contributed by atoms with E-state index >= 15 is 0 Å². The maximum absolute atomic E-state index is 10.8. The van der Waals surface area contributed by atoms with Gasteiger partial charge in [-0.1, -0.05) is 23.2 Å². The third kappa shape index (κ3) is 4.10. The van der Waals surface area contributed by atoms with E-state index in [1.165, 1.54) is 35.8 Å². The number of aromatic hydroxyl groups is 1. The predicted octanol–water partition coefficient (Wildman–Crippen LogP) is 5.18. The van der Waals surface area contributed by atoms with Gasteiger partial charge >= 0.3 is 5.69 Å². The molecule has 26 heavy (non-hydrogen) atoms. The van der Waals surface area contributed by atoms with Gasteiger partial charge in [0.1, 0.15) is 0 Å². The SMILES string of the molecule is O=[N+]([O-])c1cc(/C=N\Nc2nc(-c3ccc(Cl)cc3Cl)cs2)ccc1O. The van der Waals surface area contributed by atoms with Crippen molar-refractivity contribution < 1.29 is 10.0 Å². The topological polar surface area (TPSA) is 101 Å². The molecule has 0 aliphatic carbocycles. The van der Waals surface area contributed by atoms with Crippen molar-refractivity contribution in [3.05, 3.63) is 67.5 Å². The summed E-state index contributed by atoms with van der Waals surface area (Å²) >= 11 is 13.4. The second-order valence-corrected chi connectivity index (χ2v) is 6.74. The van der Waals surface area contributed by atoms with Crippen molar-refractivity contribution in [2.24, 2.45) is 5.10 Å². The van der Waals surface area contributed by atoms with Crippen molar-refractivity contribution in [2.75, 3.05) is 5.43 Å². The van der Waals surface area contributed by atoms with Crippen LogP contribution in [0.2, 0.25) is 10.0 Å². The second-order valence-electron chi connectivity index (χ2n) is 5.04. The molecule has 7 nitrogen and oxygen atoms in total. The molecule has 3 rings (SSSR count). The van der Waals surface area contributed by atoms with Crippen molar-refractivity contribution in [1.29, 1.82) is 0 Å². The lowest BCUT2D eigenvalue weighted by atomic mass is 10.2. The summed E-state index contributed by atoms with van der Waals surface area (Å²) in [6.07, 6.45) is 1.39. The normalized spacial score (nSPS) is 11.0. The second kappa shape index (κ2) is 7.69. The Morgan fingerprint density at radius 3 is 2.81 bits per heavy atom. The fourth-order valence-corrected chi connectivity index (χ4v) is 3.24. The standard InChI is InChI=1S/C16H10Cl2N4O3S/c17-10-2-3-11(12(18)6-10)13-8-26-16(20-13)21-19-7-9-1-4-15(23)14(5-9)22(24)25/h1-8,23H,(H,20,21)/b19-7-. The number of nitro benzene ring substituents is 1. The minimum atomic E-state index is -0.664. The number of phenolic OH excluding ortho intramolecular Hbond substituents is 1. The van der Waals surface area contributed by atoms with Gasteiger partial charge in [-0.05, 0) is 30.3 Å². The number of nitrogens with one attached hydrogen (secondary N) is 1. The molecule has 0 fully saturated rings. The molecular formula is C16H10Cl2N4O3S. The van der Waals surface area contributed by atoms with Crippen LogP contribution in [0.4, 0.5) is 10.8 Å². The first-order valence-electron chi connectivity index (χ1n) is 7.11. The highest BCUT2D eigenvalue weighted by Crippen LogP contribution is 2.32. The highest BCUT2D eigenvalue weighted by Gasteiger charge is 2.13. The Hall–Kier alpha value is -2.68. The largest absolute Gasteiger partial charge is 0.502 e. The first-order chi connectivity index (χ1) is 12.4. The molecule has 0 aliphatic rings. The molecule has 1 aromatic heterocycles. The zero-order chi connectivity index (χ0) is 18.7. The Kier molecular flexibility index (Phi) is 5.36. The van der Waals surface area contributed by atoms with Crippen LogP contribution in [0.5, 0.6) is 5.75 Å². The van der Waals surface area contributed by atoms with E-state index < -0.39 is 10.7 Å². The summed E-state index contributed by atoms with van der Waals surface area (Å²) in [6, 6.07) is 9.12. The summed E-state index contributed by atoms with van der Waals surface area (Å²) in [5.41, 5.74) is 4.25. The fraction of sp³-hybridized carbons (Fsp3) is 0. The van der Waals surface area contributed by atoms with Crippen LogP contribution in [0.1, 0.15) is 5.56 Å². The third-order valence-electron chi connectivity index (χ3n) is 3.28. The molecule has 0 saturated carbocycles. The van der Waals surface area contributed by atoms with Gasteiger partial charge in [0.2, 0.25) is 5.13 Å². The molecule has 0 aliphatic heterocycles. The van der Waals surface area contributed by atoms with Gasteiger partial charge in [-0.15, -0.1) is 11.3 Å². The average molecular weight is 409 g/mol. The van der Waals surface area contributed by atoms with E-state index in [9.17, 15) is 15.2 Å². The number of hydrogen-bond donors (Lipinski definition) is 2. The first kappa shape index (κ1) is 18.1. The van der Waals surface area contributed by atoms with Crippen LogP contribution < -0.4 is 5.43 Å². The number of phenols is 1. The van der Waals surface area contributed by atoms with Crippen LogP contribution in [0, 0.1) is 10.1 Å². The number of nitro groups is 1. The van der Waals surface area contributed by atoms with Crippen LogP contribution >= 0.6 is 34.5 Å². The van der Waals surface area contributed by atoms with Crippen LogP contribution in [0.3, 0.4) is 0 Å². The van der Waals surface area contributed by atoms with Crippen LogP contribution in [-0.2, 0) is 0 Å². The quantitative estimate of drug-likeness (QED) is 0.344. The summed E-state index contributed by atoms with van der Waals surface area (Å²) in [5.74, 6) is -0.399. The predicted molar refractivity (Wildman–Crippen MR) is 104 cm³/mol. The lowest BCUT2D eigenvalue weighted by Crippen LogP contribution is -1.93. The highest BCUT2D eigenvalue weighted by atomic mass is 35.5. The Labute approximate surface area is 161 Å². The molecule has 3 aromatic rings. The van der Waals surface area contributed by atoms with E-state index in [-0.39, 0.29) is 5.69 Å². The first-order valence-corrected chi connectivity index (χ1v) is 8.75. The highest BCUT2D eigenvalue weighted by molar-refractivity contribution is 7.14. The van der Waals surface area contributed by atoms with Gasteiger partial charge in [0.05, 0.1) is 21.9 Å². The van der Waals surface area contributed by atoms with E-state index in [1.807, 2.05) is 5.38 Å². The van der Waals surface area contributed by atoms with Gasteiger partial charge in [-0.25, -0.2) is 4.98 Å². The number of rotatable bonds is 5. The molecule has 0 saturated heterocycles. The van der Waals surface area contributed by atoms with Gasteiger partial charge in [-0.2, -0.15) is 5.10 Å². The van der Waals surface area contributed by atoms with Crippen LogP contribution in [0.25, 0.3) is 11.3 Å². The van der Waals surface area contributed by atoms with E-state index in [0.717, 1.165) is 5.56 Å². The Balaban J connectivity index is 1.73. The van der Waals surface area contributed by atoms with Gasteiger partial charge in [0.25, 0.3) is 0 Å². The minimum absolute atomic E-state index is 0.386. The number of benzene rings is 2. The van der Waals surface area contributed by atoms with Crippen molar-refractivity contribution in [3.8, 4) is 17.0 Å². The molecular weight excluding hydrogens is 399 g/mol. The summed E-state index contributed by atoms with van der Waals surface area (Å²) in [6.45, 7) is 0. The molecule has 132 valence electrons. The van der Waals surface area contributed by atoms with Crippen molar-refractivity contribution in [1.82, 2.24) is 4.98 Å². The molecule has 0 atom stereocenters. The Morgan fingerprint density at radius 1 is 1.27 bits per heavy atom. The lowest BCUT2D eigenvalue weighted by Gasteiger charge is -2.00. The molecule has 0 amide bonds. The molecule has 2 aromatic carbocycles.